The molecule has 0 amide bonds. The topological polar surface area (TPSA) is 140 Å². The zero-order valence-corrected chi connectivity index (χ0v) is 23.1. The largest absolute Gasteiger partial charge is 0.491 e. The molecule has 13 heteroatoms. The fourth-order valence-corrected chi connectivity index (χ4v) is 7.20. The van der Waals surface area contributed by atoms with Crippen LogP contribution in [0.2, 0.25) is 0 Å². The Balaban J connectivity index is 1.24. The van der Waals surface area contributed by atoms with E-state index in [0.717, 1.165) is 12.7 Å². The molecule has 2 fully saturated rings. The van der Waals surface area contributed by atoms with Crippen LogP contribution in [0.3, 0.4) is 0 Å². The molecule has 0 saturated carbocycles. The molecule has 1 aromatic carbocycles. The molecule has 2 N–H and O–H groups in total. The van der Waals surface area contributed by atoms with E-state index in [9.17, 15) is 21.9 Å². The Morgan fingerprint density at radius 2 is 2.00 bits per heavy atom. The first-order valence-electron chi connectivity index (χ1n) is 12.4. The van der Waals surface area contributed by atoms with Gasteiger partial charge in [0.15, 0.2) is 9.84 Å². The van der Waals surface area contributed by atoms with Crippen molar-refractivity contribution in [2.45, 2.75) is 67.2 Å². The maximum Gasteiger partial charge on any atom is 0.246 e. The van der Waals surface area contributed by atoms with Gasteiger partial charge in [-0.2, -0.15) is 9.40 Å². The van der Waals surface area contributed by atoms with Gasteiger partial charge in [0, 0.05) is 38.5 Å². The zero-order chi connectivity index (χ0) is 26.8. The van der Waals surface area contributed by atoms with Gasteiger partial charge in [0.05, 0.1) is 29.0 Å². The summed E-state index contributed by atoms with van der Waals surface area (Å²) < 4.78 is 64.6. The van der Waals surface area contributed by atoms with Crippen LogP contribution < -0.4 is 10.1 Å². The van der Waals surface area contributed by atoms with Crippen LogP contribution in [0.1, 0.15) is 31.9 Å². The van der Waals surface area contributed by atoms with E-state index in [4.69, 9.17) is 9.47 Å². The average molecular weight is 557 g/mol. The van der Waals surface area contributed by atoms with Gasteiger partial charge in [0.1, 0.15) is 23.4 Å². The smallest absolute Gasteiger partial charge is 0.246 e. The van der Waals surface area contributed by atoms with Crippen molar-refractivity contribution in [2.24, 2.45) is 0 Å². The van der Waals surface area contributed by atoms with E-state index in [1.165, 1.54) is 22.6 Å². The maximum absolute atomic E-state index is 13.2. The van der Waals surface area contributed by atoms with E-state index < -0.39 is 26.0 Å². The molecule has 37 heavy (non-hydrogen) atoms. The summed E-state index contributed by atoms with van der Waals surface area (Å²) >= 11 is 0. The van der Waals surface area contributed by atoms with Crippen molar-refractivity contribution in [2.75, 3.05) is 39.1 Å². The van der Waals surface area contributed by atoms with Crippen molar-refractivity contribution in [3.63, 3.8) is 0 Å². The van der Waals surface area contributed by atoms with Gasteiger partial charge in [0.25, 0.3) is 0 Å². The van der Waals surface area contributed by atoms with Gasteiger partial charge in [-0.3, -0.25) is 4.68 Å². The third kappa shape index (κ3) is 6.35. The molecule has 2 unspecified atom stereocenters. The van der Waals surface area contributed by atoms with Crippen LogP contribution in [0.15, 0.2) is 40.3 Å². The quantitative estimate of drug-likeness (QED) is 0.438. The minimum atomic E-state index is -3.60. The van der Waals surface area contributed by atoms with Crippen molar-refractivity contribution in [1.29, 1.82) is 0 Å². The predicted octanol–water partition coefficient (Wildman–Crippen LogP) is 0.957. The lowest BCUT2D eigenvalue weighted by molar-refractivity contribution is -0.0312. The molecule has 0 bridgehead atoms. The molecule has 2 aliphatic rings. The summed E-state index contributed by atoms with van der Waals surface area (Å²) in [4.78, 5) is 0.424. The van der Waals surface area contributed by atoms with Crippen molar-refractivity contribution >= 4 is 19.9 Å². The highest BCUT2D eigenvalue weighted by molar-refractivity contribution is 7.90. The van der Waals surface area contributed by atoms with Crippen LogP contribution in [0, 0.1) is 6.92 Å². The molecule has 2 aliphatic heterocycles. The monoisotopic (exact) mass is 556 g/mol. The summed E-state index contributed by atoms with van der Waals surface area (Å²) in [6.45, 7) is 5.87. The number of piperidine rings is 1. The lowest BCUT2D eigenvalue weighted by atomic mass is 9.88. The third-order valence-electron chi connectivity index (χ3n) is 7.14. The Bertz CT molecular complexity index is 1300. The third-order valence-corrected chi connectivity index (χ3v) is 10.2. The Hall–Kier alpha value is -2.03. The number of hydrogen-bond acceptors (Lipinski definition) is 9. The fourth-order valence-electron chi connectivity index (χ4n) is 4.95. The first-order valence-corrected chi connectivity index (χ1v) is 15.8. The van der Waals surface area contributed by atoms with Gasteiger partial charge in [-0.05, 0) is 51.3 Å². The molecule has 1 aromatic heterocycles. The van der Waals surface area contributed by atoms with Crippen LogP contribution in [-0.4, -0.2) is 92.9 Å². The average Bonchev–Trinajstić information content (AvgIpc) is 3.44. The Morgan fingerprint density at radius 3 is 2.65 bits per heavy atom. The molecule has 2 aromatic rings. The number of hydrogen-bond donors (Lipinski definition) is 2. The molecule has 2 saturated heterocycles. The number of aliphatic hydroxyl groups excluding tert-OH is 1. The number of aromatic nitrogens is 2. The molecule has 206 valence electrons. The number of benzene rings is 1. The minimum Gasteiger partial charge on any atom is -0.491 e. The Kier molecular flexibility index (Phi) is 8.31. The standard InChI is InChI=1S/C24H36N4O7S2/c1-4-28-18(2)23(15-26-28)37(32,33)27-10-8-24(9-11-27)13-19(16-35-24)25-14-20(29)17-34-21-6-5-7-22(12-21)36(3,30)31/h5-7,12,15,19-20,25,29H,4,8-11,13-14,16-17H2,1-3H3. The van der Waals surface area contributed by atoms with Gasteiger partial charge in [-0.1, -0.05) is 6.07 Å². The predicted molar refractivity (Wildman–Crippen MR) is 137 cm³/mol. The number of ether oxygens (including phenoxy) is 2. The van der Waals surface area contributed by atoms with Crippen molar-refractivity contribution in [3.8, 4) is 5.75 Å². The van der Waals surface area contributed by atoms with E-state index >= 15 is 0 Å². The van der Waals surface area contributed by atoms with Gasteiger partial charge >= 0.3 is 0 Å². The number of nitrogens with zero attached hydrogens (tertiary/aromatic N) is 3. The number of sulfone groups is 1. The molecule has 0 aliphatic carbocycles. The second-order valence-corrected chi connectivity index (χ2v) is 13.8. The number of nitrogens with one attached hydrogen (secondary N) is 1. The molecule has 2 atom stereocenters. The highest BCUT2D eigenvalue weighted by atomic mass is 32.2. The van der Waals surface area contributed by atoms with Gasteiger partial charge in [-0.25, -0.2) is 16.8 Å². The van der Waals surface area contributed by atoms with E-state index in [1.807, 2.05) is 6.92 Å². The second kappa shape index (κ2) is 11.0. The minimum absolute atomic E-state index is 0.0137. The summed E-state index contributed by atoms with van der Waals surface area (Å²) in [6, 6.07) is 6.22. The van der Waals surface area contributed by atoms with E-state index in [0.29, 0.717) is 50.5 Å². The summed E-state index contributed by atoms with van der Waals surface area (Å²) in [7, 11) is -6.94. The van der Waals surface area contributed by atoms with Crippen molar-refractivity contribution in [1.82, 2.24) is 19.4 Å². The van der Waals surface area contributed by atoms with E-state index in [-0.39, 0.29) is 34.6 Å². The summed E-state index contributed by atoms with van der Waals surface area (Å²) in [5, 5.41) is 17.8. The molecule has 1 spiro atoms. The first kappa shape index (κ1) is 28.0. The summed E-state index contributed by atoms with van der Waals surface area (Å²) in [5.41, 5.74) is 0.273. The molecule has 11 nitrogen and oxygen atoms in total. The van der Waals surface area contributed by atoms with Crippen LogP contribution in [0.5, 0.6) is 5.75 Å². The van der Waals surface area contributed by atoms with Crippen LogP contribution in [0.25, 0.3) is 0 Å². The van der Waals surface area contributed by atoms with E-state index in [1.54, 1.807) is 23.7 Å². The number of aryl methyl sites for hydroxylation is 1. The second-order valence-electron chi connectivity index (χ2n) is 9.83. The molecular weight excluding hydrogens is 520 g/mol. The van der Waals surface area contributed by atoms with Crippen LogP contribution in [-0.2, 0) is 31.1 Å². The Labute approximate surface area is 218 Å². The molecular formula is C24H36N4O7S2. The number of aliphatic hydroxyl groups is 1. The lowest BCUT2D eigenvalue weighted by Crippen LogP contribution is -2.47. The zero-order valence-electron chi connectivity index (χ0n) is 21.5. The van der Waals surface area contributed by atoms with Crippen LogP contribution >= 0.6 is 0 Å². The fraction of sp³-hybridized carbons (Fsp3) is 0.625. The molecule has 0 radical (unpaired) electrons. The number of rotatable bonds is 10. The summed E-state index contributed by atoms with van der Waals surface area (Å²) in [6.07, 6.45) is 3.71. The van der Waals surface area contributed by atoms with E-state index in [2.05, 4.69) is 10.4 Å². The highest BCUT2D eigenvalue weighted by Crippen LogP contribution is 2.37. The van der Waals surface area contributed by atoms with Gasteiger partial charge in [-0.15, -0.1) is 0 Å². The van der Waals surface area contributed by atoms with Crippen molar-refractivity contribution in [3.05, 3.63) is 36.2 Å². The normalized spacial score (nSPS) is 21.4. The van der Waals surface area contributed by atoms with Crippen molar-refractivity contribution < 1.29 is 31.4 Å². The SMILES string of the molecule is CCn1ncc(S(=O)(=O)N2CCC3(CC2)CC(NCC(O)COc2cccc(S(C)(=O)=O)c2)CO3)c1C. The molecule has 3 heterocycles. The highest BCUT2D eigenvalue weighted by Gasteiger charge is 2.45. The molecule has 4 rings (SSSR count). The summed E-state index contributed by atoms with van der Waals surface area (Å²) in [5.74, 6) is 0.379. The van der Waals surface area contributed by atoms with Gasteiger partial charge < -0.3 is 19.9 Å². The maximum atomic E-state index is 13.2. The van der Waals surface area contributed by atoms with Crippen LogP contribution in [0.4, 0.5) is 0 Å². The van der Waals surface area contributed by atoms with Gasteiger partial charge in [0.2, 0.25) is 10.0 Å². The first-order chi connectivity index (χ1) is 17.4. The Morgan fingerprint density at radius 1 is 1.27 bits per heavy atom. The number of sulfonamides is 1. The lowest BCUT2D eigenvalue weighted by Gasteiger charge is -2.38.